The lowest BCUT2D eigenvalue weighted by molar-refractivity contribution is -0.136. The van der Waals surface area contributed by atoms with Gasteiger partial charge in [0, 0.05) is 32.4 Å². The number of ether oxygens (including phenoxy) is 1. The molecule has 1 amide bonds. The number of anilines is 1. The van der Waals surface area contributed by atoms with Crippen molar-refractivity contribution in [2.24, 2.45) is 0 Å². The summed E-state index contributed by atoms with van der Waals surface area (Å²) in [6, 6.07) is 6.10. The molecule has 0 spiro atoms. The van der Waals surface area contributed by atoms with Crippen LogP contribution >= 0.6 is 11.6 Å². The number of halogens is 2. The van der Waals surface area contributed by atoms with Crippen LogP contribution in [0.3, 0.4) is 0 Å². The second kappa shape index (κ2) is 8.22. The van der Waals surface area contributed by atoms with Crippen LogP contribution in [0.2, 0.25) is 5.02 Å². The van der Waals surface area contributed by atoms with E-state index in [1.165, 1.54) is 18.5 Å². The third-order valence-corrected chi connectivity index (χ3v) is 4.30. The number of carbonyl (C=O) groups is 1. The first kappa shape index (κ1) is 17.6. The molecule has 1 saturated heterocycles. The maximum atomic E-state index is 13.1. The fourth-order valence-corrected chi connectivity index (χ4v) is 2.96. The van der Waals surface area contributed by atoms with E-state index < -0.39 is 0 Å². The lowest BCUT2D eigenvalue weighted by Crippen LogP contribution is -2.49. The molecule has 0 saturated carbocycles. The number of piperazine rings is 1. The predicted octanol–water partition coefficient (Wildman–Crippen LogP) is 2.13. The molecule has 132 valence electrons. The number of carbonyl (C=O) groups excluding carboxylic acids is 1. The van der Waals surface area contributed by atoms with Crippen LogP contribution in [-0.4, -0.2) is 53.6 Å². The van der Waals surface area contributed by atoms with Gasteiger partial charge in [0.2, 0.25) is 5.91 Å². The molecule has 0 unspecified atom stereocenters. The van der Waals surface area contributed by atoms with Gasteiger partial charge in [-0.1, -0.05) is 11.6 Å². The number of aromatic nitrogens is 2. The average molecular weight is 365 g/mol. The summed E-state index contributed by atoms with van der Waals surface area (Å²) in [5, 5.41) is 0.382. The summed E-state index contributed by atoms with van der Waals surface area (Å²) in [7, 11) is 0. The van der Waals surface area contributed by atoms with E-state index in [1.54, 1.807) is 23.2 Å². The van der Waals surface area contributed by atoms with Gasteiger partial charge in [0.25, 0.3) is 0 Å². The molecule has 1 aliphatic rings. The maximum absolute atomic E-state index is 13.1. The Morgan fingerprint density at radius 1 is 1.24 bits per heavy atom. The molecule has 2 aromatic rings. The minimum absolute atomic E-state index is 0.0152. The summed E-state index contributed by atoms with van der Waals surface area (Å²) in [6.07, 6.45) is 3.08. The highest BCUT2D eigenvalue weighted by molar-refractivity contribution is 6.33. The van der Waals surface area contributed by atoms with Gasteiger partial charge in [-0.25, -0.2) is 14.4 Å². The lowest BCUT2D eigenvalue weighted by Gasteiger charge is -2.36. The van der Waals surface area contributed by atoms with Crippen molar-refractivity contribution in [2.75, 3.05) is 37.7 Å². The highest BCUT2D eigenvalue weighted by atomic mass is 35.5. The van der Waals surface area contributed by atoms with Gasteiger partial charge in [0.05, 0.1) is 23.0 Å². The van der Waals surface area contributed by atoms with Crippen LogP contribution in [0, 0.1) is 5.82 Å². The third-order valence-electron chi connectivity index (χ3n) is 4.00. The van der Waals surface area contributed by atoms with Gasteiger partial charge in [-0.15, -0.1) is 0 Å². The number of hydrogen-bond donors (Lipinski definition) is 0. The number of rotatable bonds is 5. The Hall–Kier alpha value is -2.25. The Balaban J connectivity index is 1.46. The average Bonchev–Trinajstić information content (AvgIpc) is 2.63. The van der Waals surface area contributed by atoms with Crippen molar-refractivity contribution in [3.05, 3.63) is 53.3 Å². The summed E-state index contributed by atoms with van der Waals surface area (Å²) < 4.78 is 18.6. The van der Waals surface area contributed by atoms with Crippen LogP contribution in [0.4, 0.5) is 10.1 Å². The highest BCUT2D eigenvalue weighted by Gasteiger charge is 2.22. The fourth-order valence-electron chi connectivity index (χ4n) is 2.67. The van der Waals surface area contributed by atoms with E-state index in [0.29, 0.717) is 31.2 Å². The van der Waals surface area contributed by atoms with Crippen LogP contribution in [0.15, 0.2) is 36.8 Å². The molecular formula is C17H18ClFN4O2. The van der Waals surface area contributed by atoms with E-state index >= 15 is 0 Å². The Morgan fingerprint density at radius 2 is 2.04 bits per heavy atom. The second-order valence-corrected chi connectivity index (χ2v) is 6.06. The van der Waals surface area contributed by atoms with Gasteiger partial charge >= 0.3 is 0 Å². The molecule has 25 heavy (non-hydrogen) atoms. The SMILES string of the molecule is O=C(COCc1ccncn1)N1CCN(c2ccc(F)cc2Cl)CC1. The van der Waals surface area contributed by atoms with E-state index in [0.717, 1.165) is 11.4 Å². The number of nitrogens with zero attached hydrogens (tertiary/aromatic N) is 4. The molecule has 1 aromatic heterocycles. The topological polar surface area (TPSA) is 58.6 Å². The zero-order chi connectivity index (χ0) is 17.6. The monoisotopic (exact) mass is 364 g/mol. The van der Waals surface area contributed by atoms with Crippen LogP contribution in [0.25, 0.3) is 0 Å². The van der Waals surface area contributed by atoms with Crippen molar-refractivity contribution >= 4 is 23.2 Å². The zero-order valence-corrected chi connectivity index (χ0v) is 14.3. The molecule has 1 fully saturated rings. The van der Waals surface area contributed by atoms with Crippen molar-refractivity contribution in [1.82, 2.24) is 14.9 Å². The number of amides is 1. The van der Waals surface area contributed by atoms with Gasteiger partial charge in [0.1, 0.15) is 18.8 Å². The predicted molar refractivity (Wildman–Crippen MR) is 91.9 cm³/mol. The summed E-state index contributed by atoms with van der Waals surface area (Å²) in [6.45, 7) is 2.72. The molecule has 1 aromatic carbocycles. The molecule has 0 bridgehead atoms. The molecule has 0 radical (unpaired) electrons. The molecule has 2 heterocycles. The van der Waals surface area contributed by atoms with Crippen molar-refractivity contribution < 1.29 is 13.9 Å². The van der Waals surface area contributed by atoms with E-state index in [1.807, 2.05) is 4.90 Å². The molecule has 8 heteroatoms. The van der Waals surface area contributed by atoms with Crippen LogP contribution in [-0.2, 0) is 16.1 Å². The van der Waals surface area contributed by atoms with Crippen molar-refractivity contribution in [2.45, 2.75) is 6.61 Å². The van der Waals surface area contributed by atoms with E-state index in [-0.39, 0.29) is 24.9 Å². The number of hydrogen-bond acceptors (Lipinski definition) is 5. The summed E-state index contributed by atoms with van der Waals surface area (Å²) >= 11 is 6.10. The van der Waals surface area contributed by atoms with Gasteiger partial charge in [-0.2, -0.15) is 0 Å². The van der Waals surface area contributed by atoms with E-state index in [9.17, 15) is 9.18 Å². The lowest BCUT2D eigenvalue weighted by atomic mass is 10.2. The summed E-state index contributed by atoms with van der Waals surface area (Å²) in [5.74, 6) is -0.415. The molecule has 0 aliphatic carbocycles. The Bertz CT molecular complexity index is 724. The van der Waals surface area contributed by atoms with Gasteiger partial charge in [0.15, 0.2) is 0 Å². The van der Waals surface area contributed by atoms with Gasteiger partial charge in [-0.3, -0.25) is 4.79 Å². The summed E-state index contributed by atoms with van der Waals surface area (Å²) in [4.78, 5) is 23.9. The van der Waals surface area contributed by atoms with Crippen LogP contribution in [0.5, 0.6) is 0 Å². The number of benzene rings is 1. The van der Waals surface area contributed by atoms with Crippen molar-refractivity contribution in [3.63, 3.8) is 0 Å². The molecule has 3 rings (SSSR count). The third kappa shape index (κ3) is 4.64. The first-order valence-corrected chi connectivity index (χ1v) is 8.31. The normalized spacial score (nSPS) is 14.6. The molecular weight excluding hydrogens is 347 g/mol. The van der Waals surface area contributed by atoms with E-state index in [2.05, 4.69) is 9.97 Å². The molecule has 0 atom stereocenters. The largest absolute Gasteiger partial charge is 0.367 e. The Labute approximate surface area is 150 Å². The van der Waals surface area contributed by atoms with Crippen molar-refractivity contribution in [3.8, 4) is 0 Å². The Morgan fingerprint density at radius 3 is 2.72 bits per heavy atom. The fraction of sp³-hybridized carbons (Fsp3) is 0.353. The van der Waals surface area contributed by atoms with Crippen molar-refractivity contribution in [1.29, 1.82) is 0 Å². The molecule has 1 aliphatic heterocycles. The second-order valence-electron chi connectivity index (χ2n) is 5.66. The van der Waals surface area contributed by atoms with Crippen LogP contribution < -0.4 is 4.90 Å². The highest BCUT2D eigenvalue weighted by Crippen LogP contribution is 2.27. The quantitative estimate of drug-likeness (QED) is 0.813. The minimum atomic E-state index is -0.358. The van der Waals surface area contributed by atoms with Gasteiger partial charge in [-0.05, 0) is 24.3 Å². The molecule has 0 N–H and O–H groups in total. The van der Waals surface area contributed by atoms with Crippen LogP contribution in [0.1, 0.15) is 5.69 Å². The van der Waals surface area contributed by atoms with Gasteiger partial charge < -0.3 is 14.5 Å². The minimum Gasteiger partial charge on any atom is -0.367 e. The Kier molecular flexibility index (Phi) is 5.78. The standard InChI is InChI=1S/C17H18ClFN4O2/c18-15-9-13(19)1-2-16(15)22-5-7-23(8-6-22)17(24)11-25-10-14-3-4-20-12-21-14/h1-4,9,12H,5-8,10-11H2. The zero-order valence-electron chi connectivity index (χ0n) is 13.6. The van der Waals surface area contributed by atoms with E-state index in [4.69, 9.17) is 16.3 Å². The first-order valence-electron chi connectivity index (χ1n) is 7.94. The maximum Gasteiger partial charge on any atom is 0.248 e. The smallest absolute Gasteiger partial charge is 0.248 e. The molecule has 6 nitrogen and oxygen atoms in total. The first-order chi connectivity index (χ1) is 12.1. The summed E-state index contributed by atoms with van der Waals surface area (Å²) in [5.41, 5.74) is 1.52.